The summed E-state index contributed by atoms with van der Waals surface area (Å²) in [5.74, 6) is -1.00. The number of carboxylic acid groups (broad SMARTS) is 1. The summed E-state index contributed by atoms with van der Waals surface area (Å²) in [6.45, 7) is 4.43. The standard InChI is InChI=1S/C15H21N3O3/c1-2-18(13-6-8-16-9-7-13)15(21)17-12-5-3-4-11(10-12)14(19)20/h3-5,10,13,16H,2,6-9H2,1H3,(H,17,21)(H,19,20). The first-order chi connectivity index (χ1) is 10.1. The van der Waals surface area contributed by atoms with Crippen LogP contribution in [0.3, 0.4) is 0 Å². The molecule has 3 N–H and O–H groups in total. The molecule has 0 spiro atoms. The van der Waals surface area contributed by atoms with E-state index in [0.717, 1.165) is 25.9 Å². The zero-order valence-electron chi connectivity index (χ0n) is 12.1. The van der Waals surface area contributed by atoms with E-state index in [9.17, 15) is 9.59 Å². The molecular weight excluding hydrogens is 270 g/mol. The quantitative estimate of drug-likeness (QED) is 0.792. The largest absolute Gasteiger partial charge is 0.478 e. The van der Waals surface area contributed by atoms with Crippen molar-refractivity contribution < 1.29 is 14.7 Å². The van der Waals surface area contributed by atoms with Crippen LogP contribution in [0.15, 0.2) is 24.3 Å². The molecule has 1 aromatic rings. The lowest BCUT2D eigenvalue weighted by Crippen LogP contribution is -2.47. The summed E-state index contributed by atoms with van der Waals surface area (Å²) in [6, 6.07) is 6.35. The SMILES string of the molecule is CCN(C(=O)Nc1cccc(C(=O)O)c1)C1CCNCC1. The van der Waals surface area contributed by atoms with E-state index in [-0.39, 0.29) is 17.6 Å². The first kappa shape index (κ1) is 15.3. The molecule has 1 aliphatic rings. The molecule has 1 heterocycles. The topological polar surface area (TPSA) is 81.7 Å². The smallest absolute Gasteiger partial charge is 0.335 e. The van der Waals surface area contributed by atoms with Crippen molar-refractivity contribution in [2.45, 2.75) is 25.8 Å². The van der Waals surface area contributed by atoms with Crippen molar-refractivity contribution in [3.8, 4) is 0 Å². The number of nitrogens with zero attached hydrogens (tertiary/aromatic N) is 1. The van der Waals surface area contributed by atoms with Gasteiger partial charge in [-0.15, -0.1) is 0 Å². The second kappa shape index (κ2) is 7.08. The zero-order valence-corrected chi connectivity index (χ0v) is 12.1. The fraction of sp³-hybridized carbons (Fsp3) is 0.467. The molecule has 6 heteroatoms. The lowest BCUT2D eigenvalue weighted by molar-refractivity contribution is 0.0697. The van der Waals surface area contributed by atoms with Crippen molar-refractivity contribution in [3.63, 3.8) is 0 Å². The number of rotatable bonds is 4. The molecule has 1 saturated heterocycles. The van der Waals surface area contributed by atoms with E-state index < -0.39 is 5.97 Å². The molecule has 0 saturated carbocycles. The van der Waals surface area contributed by atoms with Gasteiger partial charge in [-0.25, -0.2) is 9.59 Å². The summed E-state index contributed by atoms with van der Waals surface area (Å²) >= 11 is 0. The molecule has 2 rings (SSSR count). The van der Waals surface area contributed by atoms with E-state index in [1.54, 1.807) is 12.1 Å². The van der Waals surface area contributed by atoms with Crippen molar-refractivity contribution in [1.29, 1.82) is 0 Å². The number of nitrogens with one attached hydrogen (secondary N) is 2. The molecule has 21 heavy (non-hydrogen) atoms. The van der Waals surface area contributed by atoms with Gasteiger partial charge in [0.05, 0.1) is 5.56 Å². The Morgan fingerprint density at radius 2 is 2.10 bits per heavy atom. The number of anilines is 1. The van der Waals surface area contributed by atoms with Crippen LogP contribution in [-0.4, -0.2) is 47.7 Å². The summed E-state index contributed by atoms with van der Waals surface area (Å²) in [5.41, 5.74) is 0.671. The van der Waals surface area contributed by atoms with E-state index in [0.29, 0.717) is 12.2 Å². The molecule has 2 amide bonds. The molecule has 0 bridgehead atoms. The molecule has 1 fully saturated rings. The second-order valence-corrected chi connectivity index (χ2v) is 5.08. The average Bonchev–Trinajstić information content (AvgIpc) is 2.49. The highest BCUT2D eigenvalue weighted by atomic mass is 16.4. The second-order valence-electron chi connectivity index (χ2n) is 5.08. The maximum atomic E-state index is 12.4. The molecule has 1 aliphatic heterocycles. The minimum atomic E-state index is -1.00. The highest BCUT2D eigenvalue weighted by Crippen LogP contribution is 2.15. The number of hydrogen-bond acceptors (Lipinski definition) is 3. The van der Waals surface area contributed by atoms with Crippen molar-refractivity contribution in [1.82, 2.24) is 10.2 Å². The fourth-order valence-corrected chi connectivity index (χ4v) is 2.61. The van der Waals surface area contributed by atoms with E-state index in [1.807, 2.05) is 11.8 Å². The molecule has 1 aromatic carbocycles. The van der Waals surface area contributed by atoms with Gasteiger partial charge in [-0.2, -0.15) is 0 Å². The number of carbonyl (C=O) groups excluding carboxylic acids is 1. The van der Waals surface area contributed by atoms with Crippen LogP contribution in [-0.2, 0) is 0 Å². The van der Waals surface area contributed by atoms with Gasteiger partial charge in [-0.05, 0) is 51.1 Å². The predicted molar refractivity (Wildman–Crippen MR) is 80.7 cm³/mol. The van der Waals surface area contributed by atoms with Crippen LogP contribution in [0.5, 0.6) is 0 Å². The Bertz CT molecular complexity index is 513. The van der Waals surface area contributed by atoms with Crippen LogP contribution < -0.4 is 10.6 Å². The number of benzene rings is 1. The van der Waals surface area contributed by atoms with Crippen LogP contribution in [0.4, 0.5) is 10.5 Å². The highest BCUT2D eigenvalue weighted by Gasteiger charge is 2.24. The summed E-state index contributed by atoms with van der Waals surface area (Å²) < 4.78 is 0. The van der Waals surface area contributed by atoms with Crippen molar-refractivity contribution in [2.75, 3.05) is 25.0 Å². The molecule has 0 radical (unpaired) electrons. The van der Waals surface area contributed by atoms with Crippen molar-refractivity contribution >= 4 is 17.7 Å². The molecule has 0 aliphatic carbocycles. The maximum absolute atomic E-state index is 12.4. The Morgan fingerprint density at radius 3 is 2.71 bits per heavy atom. The van der Waals surface area contributed by atoms with Gasteiger partial charge in [0.15, 0.2) is 0 Å². The van der Waals surface area contributed by atoms with Crippen LogP contribution in [0.1, 0.15) is 30.1 Å². The third-order valence-electron chi connectivity index (χ3n) is 3.71. The first-order valence-corrected chi connectivity index (χ1v) is 7.23. The lowest BCUT2D eigenvalue weighted by Gasteiger charge is -2.33. The molecule has 114 valence electrons. The number of piperidine rings is 1. The predicted octanol–water partition coefficient (Wildman–Crippen LogP) is 1.99. The average molecular weight is 291 g/mol. The van der Waals surface area contributed by atoms with Gasteiger partial charge in [0, 0.05) is 18.3 Å². The summed E-state index contributed by atoms with van der Waals surface area (Å²) in [4.78, 5) is 25.1. The minimum Gasteiger partial charge on any atom is -0.478 e. The van der Waals surface area contributed by atoms with Crippen molar-refractivity contribution in [2.24, 2.45) is 0 Å². The minimum absolute atomic E-state index is 0.165. The number of carbonyl (C=O) groups is 2. The van der Waals surface area contributed by atoms with Crippen molar-refractivity contribution in [3.05, 3.63) is 29.8 Å². The maximum Gasteiger partial charge on any atom is 0.335 e. The number of carboxylic acids is 1. The van der Waals surface area contributed by atoms with Crippen LogP contribution in [0.25, 0.3) is 0 Å². The molecule has 0 unspecified atom stereocenters. The van der Waals surface area contributed by atoms with Crippen LogP contribution in [0, 0.1) is 0 Å². The lowest BCUT2D eigenvalue weighted by atomic mass is 10.1. The third-order valence-corrected chi connectivity index (χ3v) is 3.71. The zero-order chi connectivity index (χ0) is 15.2. The summed E-state index contributed by atoms with van der Waals surface area (Å²) in [5, 5.41) is 15.0. The summed E-state index contributed by atoms with van der Waals surface area (Å²) in [7, 11) is 0. The van der Waals surface area contributed by atoms with Gasteiger partial charge >= 0.3 is 12.0 Å². The van der Waals surface area contributed by atoms with Crippen LogP contribution in [0.2, 0.25) is 0 Å². The van der Waals surface area contributed by atoms with E-state index >= 15 is 0 Å². The molecular formula is C15H21N3O3. The Balaban J connectivity index is 2.04. The normalized spacial score (nSPS) is 15.5. The molecule has 6 nitrogen and oxygen atoms in total. The number of hydrogen-bond donors (Lipinski definition) is 3. The van der Waals surface area contributed by atoms with Crippen LogP contribution >= 0.6 is 0 Å². The Kier molecular flexibility index (Phi) is 5.16. The van der Waals surface area contributed by atoms with Gasteiger partial charge in [-0.1, -0.05) is 6.07 Å². The number of aromatic carboxylic acids is 1. The monoisotopic (exact) mass is 291 g/mol. The highest BCUT2D eigenvalue weighted by molar-refractivity contribution is 5.93. The van der Waals surface area contributed by atoms with E-state index in [1.165, 1.54) is 12.1 Å². The van der Waals surface area contributed by atoms with Gasteiger partial charge in [0.1, 0.15) is 0 Å². The molecule has 0 atom stereocenters. The Labute approximate surface area is 124 Å². The first-order valence-electron chi connectivity index (χ1n) is 7.23. The van der Waals surface area contributed by atoms with Gasteiger partial charge in [0.25, 0.3) is 0 Å². The Hall–Kier alpha value is -2.08. The Morgan fingerprint density at radius 1 is 1.38 bits per heavy atom. The number of urea groups is 1. The molecule has 0 aromatic heterocycles. The van der Waals surface area contributed by atoms with E-state index in [4.69, 9.17) is 5.11 Å². The fourth-order valence-electron chi connectivity index (χ4n) is 2.61. The summed E-state index contributed by atoms with van der Waals surface area (Å²) in [6.07, 6.45) is 1.88. The van der Waals surface area contributed by atoms with Gasteiger partial charge in [-0.3, -0.25) is 0 Å². The van der Waals surface area contributed by atoms with Gasteiger partial charge in [0.2, 0.25) is 0 Å². The van der Waals surface area contributed by atoms with Gasteiger partial charge < -0.3 is 20.6 Å². The number of amides is 2. The third kappa shape index (κ3) is 3.95. The van der Waals surface area contributed by atoms with E-state index in [2.05, 4.69) is 10.6 Å².